The maximum atomic E-state index is 12.4. The molecule has 3 fully saturated rings. The number of carbonyl (C=O) groups excluding carboxylic acids is 1. The van der Waals surface area contributed by atoms with Crippen LogP contribution in [0.15, 0.2) is 0 Å². The molecule has 4 nitrogen and oxygen atoms in total. The maximum absolute atomic E-state index is 12.4. The Balaban J connectivity index is 1.56. The van der Waals surface area contributed by atoms with Gasteiger partial charge in [-0.15, -0.1) is 0 Å². The Labute approximate surface area is 118 Å². The van der Waals surface area contributed by atoms with E-state index in [0.29, 0.717) is 25.4 Å². The molecule has 19 heavy (non-hydrogen) atoms. The highest BCUT2D eigenvalue weighted by Crippen LogP contribution is 2.40. The average Bonchev–Trinajstić information content (AvgIpc) is 2.92. The third-order valence-electron chi connectivity index (χ3n) is 4.41. The quantitative estimate of drug-likeness (QED) is 0.794. The number of hydrogen-bond donors (Lipinski definition) is 0. The van der Waals surface area contributed by atoms with Gasteiger partial charge in [0.15, 0.2) is 6.29 Å². The Kier molecular flexibility index (Phi) is 4.47. The van der Waals surface area contributed by atoms with Gasteiger partial charge in [-0.1, -0.05) is 0 Å². The van der Waals surface area contributed by atoms with Gasteiger partial charge >= 0.3 is 0 Å². The van der Waals surface area contributed by atoms with Crippen molar-refractivity contribution in [3.8, 4) is 0 Å². The molecule has 0 bridgehead atoms. The van der Waals surface area contributed by atoms with Crippen molar-refractivity contribution < 1.29 is 19.0 Å². The summed E-state index contributed by atoms with van der Waals surface area (Å²) in [5, 5.41) is 0. The SMILES string of the molecule is O=C(CC1OCCO1)C1CCOC2(CCSCC2)C1. The van der Waals surface area contributed by atoms with E-state index in [0.717, 1.165) is 43.8 Å². The number of Topliss-reactive ketones (excluding diaryl/α,β-unsaturated/α-hetero) is 1. The van der Waals surface area contributed by atoms with Crippen molar-refractivity contribution in [3.05, 3.63) is 0 Å². The molecule has 5 heteroatoms. The van der Waals surface area contributed by atoms with Crippen molar-refractivity contribution in [2.24, 2.45) is 5.92 Å². The summed E-state index contributed by atoms with van der Waals surface area (Å²) >= 11 is 1.99. The molecule has 3 aliphatic rings. The number of ether oxygens (including phenoxy) is 3. The van der Waals surface area contributed by atoms with Gasteiger partial charge in [0.2, 0.25) is 0 Å². The number of thioether (sulfide) groups is 1. The lowest BCUT2D eigenvalue weighted by atomic mass is 9.79. The summed E-state index contributed by atoms with van der Waals surface area (Å²) in [4.78, 5) is 12.4. The first-order chi connectivity index (χ1) is 9.27. The fourth-order valence-electron chi connectivity index (χ4n) is 3.25. The zero-order valence-corrected chi connectivity index (χ0v) is 12.1. The molecule has 1 atom stereocenters. The van der Waals surface area contributed by atoms with E-state index in [1.54, 1.807) is 0 Å². The number of hydrogen-bond acceptors (Lipinski definition) is 5. The summed E-state index contributed by atoms with van der Waals surface area (Å²) < 4.78 is 16.8. The molecule has 0 N–H and O–H groups in total. The van der Waals surface area contributed by atoms with Gasteiger partial charge in [-0.3, -0.25) is 4.79 Å². The highest BCUT2D eigenvalue weighted by Gasteiger charge is 2.41. The minimum absolute atomic E-state index is 0.0127. The molecule has 0 aromatic rings. The van der Waals surface area contributed by atoms with Crippen LogP contribution in [0.4, 0.5) is 0 Å². The lowest BCUT2D eigenvalue weighted by Gasteiger charge is -2.43. The van der Waals surface area contributed by atoms with Gasteiger partial charge < -0.3 is 14.2 Å². The molecule has 1 unspecified atom stereocenters. The molecule has 0 aromatic carbocycles. The first-order valence-corrected chi connectivity index (χ1v) is 8.41. The van der Waals surface area contributed by atoms with Crippen LogP contribution < -0.4 is 0 Å². The molecule has 0 aromatic heterocycles. The van der Waals surface area contributed by atoms with E-state index >= 15 is 0 Å². The molecule has 0 saturated carbocycles. The third-order valence-corrected chi connectivity index (χ3v) is 5.40. The number of rotatable bonds is 3. The van der Waals surface area contributed by atoms with Crippen LogP contribution in [-0.2, 0) is 19.0 Å². The Morgan fingerprint density at radius 1 is 1.16 bits per heavy atom. The standard InChI is InChI=1S/C14H22O4S/c15-12(9-13-16-5-6-17-13)11-1-4-18-14(10-11)2-7-19-8-3-14/h11,13H,1-10H2. The smallest absolute Gasteiger partial charge is 0.164 e. The molecule has 0 amide bonds. The van der Waals surface area contributed by atoms with Crippen molar-refractivity contribution in [2.75, 3.05) is 31.3 Å². The fourth-order valence-corrected chi connectivity index (χ4v) is 4.49. The van der Waals surface area contributed by atoms with Crippen LogP contribution in [0.2, 0.25) is 0 Å². The predicted octanol–water partition coefficient (Wildman–Crippen LogP) is 2.01. The van der Waals surface area contributed by atoms with Crippen LogP contribution >= 0.6 is 11.8 Å². The predicted molar refractivity (Wildman–Crippen MR) is 73.3 cm³/mol. The summed E-state index contributed by atoms with van der Waals surface area (Å²) in [7, 11) is 0. The first-order valence-electron chi connectivity index (χ1n) is 7.25. The Bertz CT molecular complexity index is 316. The van der Waals surface area contributed by atoms with E-state index in [1.807, 2.05) is 11.8 Å². The molecule has 0 radical (unpaired) electrons. The monoisotopic (exact) mass is 286 g/mol. The summed E-state index contributed by atoms with van der Waals surface area (Å²) in [5.74, 6) is 2.77. The van der Waals surface area contributed by atoms with Gasteiger partial charge in [0.25, 0.3) is 0 Å². The second-order valence-electron chi connectivity index (χ2n) is 5.68. The second-order valence-corrected chi connectivity index (χ2v) is 6.90. The summed E-state index contributed by atoms with van der Waals surface area (Å²) in [6.45, 7) is 1.97. The zero-order chi connectivity index (χ0) is 13.1. The molecular weight excluding hydrogens is 264 g/mol. The fraction of sp³-hybridized carbons (Fsp3) is 0.929. The van der Waals surface area contributed by atoms with Gasteiger partial charge in [-0.25, -0.2) is 0 Å². The van der Waals surface area contributed by atoms with Crippen LogP contribution in [0, 0.1) is 5.92 Å². The van der Waals surface area contributed by atoms with Crippen LogP contribution in [0.25, 0.3) is 0 Å². The zero-order valence-electron chi connectivity index (χ0n) is 11.3. The van der Waals surface area contributed by atoms with E-state index in [-0.39, 0.29) is 17.8 Å². The van der Waals surface area contributed by atoms with Crippen molar-refractivity contribution in [3.63, 3.8) is 0 Å². The van der Waals surface area contributed by atoms with Crippen LogP contribution in [0.1, 0.15) is 32.1 Å². The highest BCUT2D eigenvalue weighted by atomic mass is 32.2. The Hall–Kier alpha value is -0.100. The van der Waals surface area contributed by atoms with E-state index in [2.05, 4.69) is 0 Å². The molecule has 3 heterocycles. The van der Waals surface area contributed by atoms with Crippen LogP contribution in [-0.4, -0.2) is 49.0 Å². The number of carbonyl (C=O) groups is 1. The van der Waals surface area contributed by atoms with Crippen LogP contribution in [0.3, 0.4) is 0 Å². The molecule has 3 rings (SSSR count). The number of ketones is 1. The first kappa shape index (κ1) is 13.9. The molecule has 0 aliphatic carbocycles. The Morgan fingerprint density at radius 2 is 1.89 bits per heavy atom. The minimum Gasteiger partial charge on any atom is -0.375 e. The van der Waals surface area contributed by atoms with E-state index in [1.165, 1.54) is 0 Å². The summed E-state index contributed by atoms with van der Waals surface area (Å²) in [6, 6.07) is 0. The van der Waals surface area contributed by atoms with Gasteiger partial charge in [0.05, 0.1) is 25.2 Å². The molecule has 3 aliphatic heterocycles. The summed E-state index contributed by atoms with van der Waals surface area (Å²) in [6.07, 6.45) is 4.07. The normalized spacial score (nSPS) is 31.7. The summed E-state index contributed by atoms with van der Waals surface area (Å²) in [5.41, 5.74) is -0.0127. The van der Waals surface area contributed by atoms with Gasteiger partial charge in [0, 0.05) is 12.5 Å². The van der Waals surface area contributed by atoms with Gasteiger partial charge in [-0.05, 0) is 37.2 Å². The average molecular weight is 286 g/mol. The third kappa shape index (κ3) is 3.32. The Morgan fingerprint density at radius 3 is 2.63 bits per heavy atom. The van der Waals surface area contributed by atoms with Crippen LogP contribution in [0.5, 0.6) is 0 Å². The van der Waals surface area contributed by atoms with Gasteiger partial charge in [0.1, 0.15) is 5.78 Å². The molecular formula is C14H22O4S. The highest BCUT2D eigenvalue weighted by molar-refractivity contribution is 7.99. The van der Waals surface area contributed by atoms with Crippen molar-refractivity contribution in [1.29, 1.82) is 0 Å². The molecule has 108 valence electrons. The lowest BCUT2D eigenvalue weighted by Crippen LogP contribution is -2.44. The second kappa shape index (κ2) is 6.12. The van der Waals surface area contributed by atoms with Gasteiger partial charge in [-0.2, -0.15) is 11.8 Å². The molecule has 1 spiro atoms. The van der Waals surface area contributed by atoms with Crippen molar-refractivity contribution in [2.45, 2.75) is 44.0 Å². The maximum Gasteiger partial charge on any atom is 0.164 e. The topological polar surface area (TPSA) is 44.8 Å². The lowest BCUT2D eigenvalue weighted by molar-refractivity contribution is -0.145. The van der Waals surface area contributed by atoms with E-state index in [9.17, 15) is 4.79 Å². The van der Waals surface area contributed by atoms with E-state index in [4.69, 9.17) is 14.2 Å². The largest absolute Gasteiger partial charge is 0.375 e. The van der Waals surface area contributed by atoms with E-state index < -0.39 is 0 Å². The van der Waals surface area contributed by atoms with Crippen molar-refractivity contribution in [1.82, 2.24) is 0 Å². The van der Waals surface area contributed by atoms with Crippen molar-refractivity contribution >= 4 is 17.5 Å². The minimum atomic E-state index is -0.298. The molecule has 3 saturated heterocycles.